The van der Waals surface area contributed by atoms with Crippen LogP contribution in [0.25, 0.3) is 11.4 Å². The number of carbonyl (C=O) groups excluding carboxylic acids is 2. The van der Waals surface area contributed by atoms with Gasteiger partial charge in [0.15, 0.2) is 5.82 Å². The highest BCUT2D eigenvalue weighted by Crippen LogP contribution is 2.22. The third-order valence-corrected chi connectivity index (χ3v) is 4.96. The number of aryl methyl sites for hydroxylation is 1. The van der Waals surface area contributed by atoms with Crippen LogP contribution in [0.3, 0.4) is 0 Å². The number of nitrogens with one attached hydrogen (secondary N) is 2. The Morgan fingerprint density at radius 2 is 1.66 bits per heavy atom. The first kappa shape index (κ1) is 20.9. The van der Waals surface area contributed by atoms with Gasteiger partial charge in [0.2, 0.25) is 5.91 Å². The molecule has 160 valence electrons. The maximum absolute atomic E-state index is 12.9. The van der Waals surface area contributed by atoms with E-state index in [1.54, 1.807) is 42.1 Å². The first-order valence-corrected chi connectivity index (χ1v) is 10.1. The summed E-state index contributed by atoms with van der Waals surface area (Å²) in [7, 11) is 1.75. The van der Waals surface area contributed by atoms with Gasteiger partial charge in [-0.15, -0.1) is 5.10 Å². The zero-order valence-corrected chi connectivity index (χ0v) is 17.5. The maximum Gasteiger partial charge on any atom is 0.251 e. The molecule has 1 heterocycles. The van der Waals surface area contributed by atoms with E-state index in [4.69, 9.17) is 0 Å². The molecule has 2 N–H and O–H groups in total. The molecule has 2 amide bonds. The fourth-order valence-electron chi connectivity index (χ4n) is 3.38. The lowest BCUT2D eigenvalue weighted by Gasteiger charge is -2.19. The molecule has 0 aliphatic carbocycles. The number of hydrogen-bond donors (Lipinski definition) is 2. The summed E-state index contributed by atoms with van der Waals surface area (Å²) in [5.74, 6) is 0.142. The molecule has 0 saturated heterocycles. The monoisotopic (exact) mass is 426 g/mol. The average molecular weight is 426 g/mol. The van der Waals surface area contributed by atoms with E-state index < -0.39 is 6.04 Å². The lowest BCUT2D eigenvalue weighted by Crippen LogP contribution is -2.31. The summed E-state index contributed by atoms with van der Waals surface area (Å²) in [5.41, 5.74) is 2.80. The van der Waals surface area contributed by atoms with Gasteiger partial charge in [0.25, 0.3) is 5.91 Å². The minimum atomic E-state index is -0.477. The summed E-state index contributed by atoms with van der Waals surface area (Å²) < 4.78 is 1.56. The molecule has 4 aromatic rings. The Hall–Kier alpha value is -4.33. The summed E-state index contributed by atoms with van der Waals surface area (Å²) in [6.07, 6.45) is 0.0817. The molecular formula is C24H22N6O2. The number of amides is 2. The molecule has 8 nitrogen and oxygen atoms in total. The van der Waals surface area contributed by atoms with Crippen molar-refractivity contribution in [2.75, 3.05) is 5.32 Å². The van der Waals surface area contributed by atoms with Crippen LogP contribution in [-0.4, -0.2) is 32.0 Å². The van der Waals surface area contributed by atoms with Crippen molar-refractivity contribution in [3.63, 3.8) is 0 Å². The molecule has 0 aliphatic rings. The Morgan fingerprint density at radius 1 is 0.938 bits per heavy atom. The van der Waals surface area contributed by atoms with E-state index in [1.165, 1.54) is 0 Å². The summed E-state index contributed by atoms with van der Waals surface area (Å²) >= 11 is 0. The second kappa shape index (κ2) is 9.65. The van der Waals surface area contributed by atoms with Gasteiger partial charge in [-0.25, -0.2) is 4.68 Å². The molecule has 32 heavy (non-hydrogen) atoms. The van der Waals surface area contributed by atoms with Crippen molar-refractivity contribution in [2.24, 2.45) is 7.05 Å². The molecule has 3 aromatic carbocycles. The van der Waals surface area contributed by atoms with Gasteiger partial charge in [-0.05, 0) is 40.3 Å². The number of benzene rings is 3. The molecule has 0 saturated carbocycles. The molecule has 0 radical (unpaired) electrons. The molecule has 0 bridgehead atoms. The zero-order chi connectivity index (χ0) is 22.3. The van der Waals surface area contributed by atoms with Crippen molar-refractivity contribution in [3.05, 3.63) is 96.1 Å². The molecule has 1 aromatic heterocycles. The molecule has 0 spiro atoms. The van der Waals surface area contributed by atoms with Gasteiger partial charge >= 0.3 is 0 Å². The summed E-state index contributed by atoms with van der Waals surface area (Å²) in [6.45, 7) is 0. The van der Waals surface area contributed by atoms with Gasteiger partial charge in [0, 0.05) is 23.9 Å². The normalized spacial score (nSPS) is 11.5. The summed E-state index contributed by atoms with van der Waals surface area (Å²) in [6, 6.07) is 25.2. The van der Waals surface area contributed by atoms with Gasteiger partial charge in [-0.2, -0.15) is 0 Å². The van der Waals surface area contributed by atoms with E-state index in [2.05, 4.69) is 26.2 Å². The molecule has 0 aliphatic heterocycles. The fourth-order valence-corrected chi connectivity index (χ4v) is 3.38. The van der Waals surface area contributed by atoms with Crippen LogP contribution in [0.5, 0.6) is 0 Å². The highest BCUT2D eigenvalue weighted by molar-refractivity contribution is 5.96. The smallest absolute Gasteiger partial charge is 0.251 e. The lowest BCUT2D eigenvalue weighted by molar-refractivity contribution is -0.116. The SMILES string of the molecule is Cn1nnnc1-c1cccc(NC(=O)C[C@H](NC(=O)c2ccccc2)c2ccccc2)c1. The second-order valence-electron chi connectivity index (χ2n) is 7.26. The molecule has 1 atom stereocenters. The second-order valence-corrected chi connectivity index (χ2v) is 7.26. The van der Waals surface area contributed by atoms with E-state index >= 15 is 0 Å². The highest BCUT2D eigenvalue weighted by atomic mass is 16.2. The Morgan fingerprint density at radius 3 is 2.34 bits per heavy atom. The summed E-state index contributed by atoms with van der Waals surface area (Å²) in [4.78, 5) is 25.6. The van der Waals surface area contributed by atoms with Crippen LogP contribution in [0.2, 0.25) is 0 Å². The van der Waals surface area contributed by atoms with Crippen LogP contribution in [-0.2, 0) is 11.8 Å². The predicted molar refractivity (Wildman–Crippen MR) is 121 cm³/mol. The fraction of sp³-hybridized carbons (Fsp3) is 0.125. The Bertz CT molecular complexity index is 1210. The third-order valence-electron chi connectivity index (χ3n) is 4.96. The number of tetrazole rings is 1. The van der Waals surface area contributed by atoms with Crippen molar-refractivity contribution >= 4 is 17.5 Å². The average Bonchev–Trinajstić information content (AvgIpc) is 3.26. The van der Waals surface area contributed by atoms with Crippen LogP contribution >= 0.6 is 0 Å². The largest absolute Gasteiger partial charge is 0.345 e. The van der Waals surface area contributed by atoms with Crippen LogP contribution in [0.1, 0.15) is 28.4 Å². The number of anilines is 1. The zero-order valence-electron chi connectivity index (χ0n) is 17.5. The van der Waals surface area contributed by atoms with E-state index in [9.17, 15) is 9.59 Å². The van der Waals surface area contributed by atoms with Crippen LogP contribution in [0, 0.1) is 0 Å². The van der Waals surface area contributed by atoms with Gasteiger partial charge in [0.05, 0.1) is 12.5 Å². The Balaban J connectivity index is 1.49. The van der Waals surface area contributed by atoms with Crippen LogP contribution < -0.4 is 10.6 Å². The van der Waals surface area contributed by atoms with Crippen LogP contribution in [0.4, 0.5) is 5.69 Å². The number of hydrogen-bond acceptors (Lipinski definition) is 5. The molecule has 0 unspecified atom stereocenters. The standard InChI is InChI=1S/C24H22N6O2/c1-30-23(27-28-29-30)19-13-8-14-20(15-19)25-22(31)16-21(17-9-4-2-5-10-17)26-24(32)18-11-6-3-7-12-18/h2-15,21H,16H2,1H3,(H,25,31)(H,26,32)/t21-/m0/s1. The van der Waals surface area contributed by atoms with E-state index in [0.29, 0.717) is 17.1 Å². The minimum absolute atomic E-state index is 0.0817. The Kier molecular flexibility index (Phi) is 6.31. The first-order chi connectivity index (χ1) is 15.6. The third kappa shape index (κ3) is 5.04. The molecule has 8 heteroatoms. The van der Waals surface area contributed by atoms with Gasteiger partial charge in [0.1, 0.15) is 0 Å². The van der Waals surface area contributed by atoms with Crippen molar-refractivity contribution in [3.8, 4) is 11.4 Å². The molecular weight excluding hydrogens is 404 g/mol. The van der Waals surface area contributed by atoms with E-state index in [1.807, 2.05) is 54.6 Å². The number of aromatic nitrogens is 4. The number of nitrogens with zero attached hydrogens (tertiary/aromatic N) is 4. The highest BCUT2D eigenvalue weighted by Gasteiger charge is 2.19. The van der Waals surface area contributed by atoms with Gasteiger partial charge in [-0.1, -0.05) is 60.7 Å². The minimum Gasteiger partial charge on any atom is -0.345 e. The number of carbonyl (C=O) groups is 2. The van der Waals surface area contributed by atoms with Crippen molar-refractivity contribution in [2.45, 2.75) is 12.5 Å². The predicted octanol–water partition coefficient (Wildman–Crippen LogP) is 3.38. The molecule has 4 rings (SSSR count). The van der Waals surface area contributed by atoms with Crippen molar-refractivity contribution in [1.82, 2.24) is 25.5 Å². The van der Waals surface area contributed by atoms with Gasteiger partial charge in [-0.3, -0.25) is 9.59 Å². The maximum atomic E-state index is 12.9. The van der Waals surface area contributed by atoms with Crippen LogP contribution in [0.15, 0.2) is 84.9 Å². The first-order valence-electron chi connectivity index (χ1n) is 10.1. The summed E-state index contributed by atoms with van der Waals surface area (Å²) in [5, 5.41) is 17.4. The molecule has 0 fully saturated rings. The van der Waals surface area contributed by atoms with Gasteiger partial charge < -0.3 is 10.6 Å². The van der Waals surface area contributed by atoms with E-state index in [0.717, 1.165) is 11.1 Å². The van der Waals surface area contributed by atoms with Crippen molar-refractivity contribution in [1.29, 1.82) is 0 Å². The quantitative estimate of drug-likeness (QED) is 0.472. The number of rotatable bonds is 7. The van der Waals surface area contributed by atoms with E-state index in [-0.39, 0.29) is 18.2 Å². The lowest BCUT2D eigenvalue weighted by atomic mass is 10.0. The topological polar surface area (TPSA) is 102 Å². The Labute approximate surface area is 185 Å². The van der Waals surface area contributed by atoms with Crippen molar-refractivity contribution < 1.29 is 9.59 Å².